The minimum absolute atomic E-state index is 0.00186. The molecule has 1 fully saturated rings. The molecule has 0 bridgehead atoms. The van der Waals surface area contributed by atoms with Crippen LogP contribution in [0.2, 0.25) is 0 Å². The van der Waals surface area contributed by atoms with Crippen LogP contribution in [0.15, 0.2) is 6.20 Å². The van der Waals surface area contributed by atoms with Crippen molar-refractivity contribution in [1.29, 1.82) is 0 Å². The molecule has 0 radical (unpaired) electrons. The fourth-order valence-corrected chi connectivity index (χ4v) is 2.73. The monoisotopic (exact) mass is 266 g/mol. The number of rotatable bonds is 5. The first kappa shape index (κ1) is 14.0. The van der Waals surface area contributed by atoms with E-state index in [0.29, 0.717) is 18.0 Å². The maximum Gasteiger partial charge on any atom is 0.358 e. The summed E-state index contributed by atoms with van der Waals surface area (Å²) >= 11 is 0. The van der Waals surface area contributed by atoms with Gasteiger partial charge in [0.1, 0.15) is 0 Å². The summed E-state index contributed by atoms with van der Waals surface area (Å²) in [6.07, 6.45) is 6.54. The van der Waals surface area contributed by atoms with Crippen molar-refractivity contribution in [1.82, 2.24) is 20.3 Å². The lowest BCUT2D eigenvalue weighted by Crippen LogP contribution is -2.45. The van der Waals surface area contributed by atoms with Crippen molar-refractivity contribution in [2.75, 3.05) is 6.54 Å². The number of carboxylic acid groups (broad SMARTS) is 1. The molecule has 2 rings (SSSR count). The summed E-state index contributed by atoms with van der Waals surface area (Å²) in [5.74, 6) is -1.03. The van der Waals surface area contributed by atoms with E-state index in [-0.39, 0.29) is 5.69 Å². The Morgan fingerprint density at radius 2 is 2.37 bits per heavy atom. The molecule has 0 aliphatic heterocycles. The van der Waals surface area contributed by atoms with Gasteiger partial charge in [-0.25, -0.2) is 4.79 Å². The number of carbonyl (C=O) groups is 1. The lowest BCUT2D eigenvalue weighted by atomic mass is 9.73. The van der Waals surface area contributed by atoms with E-state index in [9.17, 15) is 4.79 Å². The Kier molecular flexibility index (Phi) is 4.19. The zero-order valence-corrected chi connectivity index (χ0v) is 11.6. The van der Waals surface area contributed by atoms with Crippen LogP contribution in [-0.4, -0.2) is 38.7 Å². The SMILES string of the molecule is CC1(C)CCCCC1NCCn1cc(C(=O)O)nn1. The fourth-order valence-electron chi connectivity index (χ4n) is 2.73. The minimum atomic E-state index is -1.03. The van der Waals surface area contributed by atoms with Gasteiger partial charge in [-0.15, -0.1) is 5.10 Å². The highest BCUT2D eigenvalue weighted by Gasteiger charge is 2.31. The second kappa shape index (κ2) is 5.69. The van der Waals surface area contributed by atoms with Crippen LogP contribution in [0.3, 0.4) is 0 Å². The average molecular weight is 266 g/mol. The molecule has 0 spiro atoms. The number of aromatic nitrogens is 3. The second-order valence-corrected chi connectivity index (χ2v) is 5.91. The Morgan fingerprint density at radius 3 is 3.00 bits per heavy atom. The van der Waals surface area contributed by atoms with Gasteiger partial charge in [-0.05, 0) is 18.3 Å². The van der Waals surface area contributed by atoms with Crippen molar-refractivity contribution >= 4 is 5.97 Å². The van der Waals surface area contributed by atoms with Gasteiger partial charge in [-0.2, -0.15) is 0 Å². The molecule has 6 nitrogen and oxygen atoms in total. The van der Waals surface area contributed by atoms with E-state index in [1.165, 1.54) is 31.9 Å². The molecule has 19 heavy (non-hydrogen) atoms. The van der Waals surface area contributed by atoms with Crippen LogP contribution < -0.4 is 5.32 Å². The molecule has 0 amide bonds. The third kappa shape index (κ3) is 3.53. The maximum absolute atomic E-state index is 10.7. The minimum Gasteiger partial charge on any atom is -0.476 e. The lowest BCUT2D eigenvalue weighted by Gasteiger charge is -2.39. The number of hydrogen-bond acceptors (Lipinski definition) is 4. The molecule has 106 valence electrons. The quantitative estimate of drug-likeness (QED) is 0.845. The molecule has 0 saturated heterocycles. The van der Waals surface area contributed by atoms with Gasteiger partial charge in [-0.1, -0.05) is 31.9 Å². The van der Waals surface area contributed by atoms with Crippen molar-refractivity contribution in [3.05, 3.63) is 11.9 Å². The van der Waals surface area contributed by atoms with E-state index in [4.69, 9.17) is 5.11 Å². The first-order valence-electron chi connectivity index (χ1n) is 6.86. The molecule has 1 heterocycles. The van der Waals surface area contributed by atoms with Gasteiger partial charge in [0.25, 0.3) is 0 Å². The van der Waals surface area contributed by atoms with Crippen molar-refractivity contribution < 1.29 is 9.90 Å². The molecule has 1 unspecified atom stereocenters. The summed E-state index contributed by atoms with van der Waals surface area (Å²) in [7, 11) is 0. The second-order valence-electron chi connectivity index (χ2n) is 5.91. The molecule has 6 heteroatoms. The van der Waals surface area contributed by atoms with Crippen LogP contribution in [0.4, 0.5) is 0 Å². The highest BCUT2D eigenvalue weighted by Crippen LogP contribution is 2.35. The molecule has 1 aliphatic carbocycles. The van der Waals surface area contributed by atoms with Gasteiger partial charge >= 0.3 is 5.97 Å². The fraction of sp³-hybridized carbons (Fsp3) is 0.769. The molecule has 0 aromatic carbocycles. The summed E-state index contributed by atoms with van der Waals surface area (Å²) < 4.78 is 1.58. The molecular weight excluding hydrogens is 244 g/mol. The van der Waals surface area contributed by atoms with Crippen molar-refractivity contribution in [2.45, 2.75) is 52.1 Å². The van der Waals surface area contributed by atoms with E-state index in [2.05, 4.69) is 29.5 Å². The topological polar surface area (TPSA) is 80.0 Å². The van der Waals surface area contributed by atoms with E-state index in [0.717, 1.165) is 6.54 Å². The number of nitrogens with one attached hydrogen (secondary N) is 1. The first-order chi connectivity index (χ1) is 8.99. The Bertz CT molecular complexity index is 442. The van der Waals surface area contributed by atoms with Crippen molar-refractivity contribution in [3.63, 3.8) is 0 Å². The average Bonchev–Trinajstić information content (AvgIpc) is 2.80. The smallest absolute Gasteiger partial charge is 0.358 e. The predicted octanol–water partition coefficient (Wildman–Crippen LogP) is 1.53. The van der Waals surface area contributed by atoms with Gasteiger partial charge in [-0.3, -0.25) is 4.68 Å². The van der Waals surface area contributed by atoms with E-state index < -0.39 is 5.97 Å². The van der Waals surface area contributed by atoms with E-state index >= 15 is 0 Å². The summed E-state index contributed by atoms with van der Waals surface area (Å²) in [6.45, 7) is 6.05. The number of nitrogens with zero attached hydrogens (tertiary/aromatic N) is 3. The number of aromatic carboxylic acids is 1. The highest BCUT2D eigenvalue weighted by molar-refractivity contribution is 5.84. The Morgan fingerprint density at radius 1 is 1.58 bits per heavy atom. The predicted molar refractivity (Wildman–Crippen MR) is 71.0 cm³/mol. The van der Waals surface area contributed by atoms with Crippen LogP contribution >= 0.6 is 0 Å². The number of hydrogen-bond donors (Lipinski definition) is 2. The van der Waals surface area contributed by atoms with Gasteiger partial charge < -0.3 is 10.4 Å². The standard InChI is InChI=1S/C13H22N4O2/c1-13(2)6-4-3-5-11(13)14-7-8-17-9-10(12(18)19)15-16-17/h9,11,14H,3-8H2,1-2H3,(H,18,19). The third-order valence-corrected chi connectivity index (χ3v) is 4.00. The van der Waals surface area contributed by atoms with Crippen molar-refractivity contribution in [3.8, 4) is 0 Å². The molecule has 1 saturated carbocycles. The summed E-state index contributed by atoms with van der Waals surface area (Å²) in [4.78, 5) is 10.7. The van der Waals surface area contributed by atoms with Crippen LogP contribution in [-0.2, 0) is 6.54 Å². The molecule has 1 aliphatic rings. The maximum atomic E-state index is 10.7. The Hall–Kier alpha value is -1.43. The van der Waals surface area contributed by atoms with Gasteiger partial charge in [0, 0.05) is 12.6 Å². The zero-order chi connectivity index (χ0) is 13.9. The Balaban J connectivity index is 1.80. The van der Waals surface area contributed by atoms with Gasteiger partial charge in [0.2, 0.25) is 0 Å². The normalized spacial score (nSPS) is 22.3. The van der Waals surface area contributed by atoms with E-state index in [1.807, 2.05) is 0 Å². The van der Waals surface area contributed by atoms with Crippen LogP contribution in [0.1, 0.15) is 50.0 Å². The van der Waals surface area contributed by atoms with Gasteiger partial charge in [0.15, 0.2) is 5.69 Å². The van der Waals surface area contributed by atoms with Crippen LogP contribution in [0.5, 0.6) is 0 Å². The van der Waals surface area contributed by atoms with Crippen LogP contribution in [0.25, 0.3) is 0 Å². The van der Waals surface area contributed by atoms with Crippen molar-refractivity contribution in [2.24, 2.45) is 5.41 Å². The largest absolute Gasteiger partial charge is 0.476 e. The summed E-state index contributed by atoms with van der Waals surface area (Å²) in [5, 5.41) is 19.7. The summed E-state index contributed by atoms with van der Waals surface area (Å²) in [5.41, 5.74) is 0.338. The highest BCUT2D eigenvalue weighted by atomic mass is 16.4. The molecule has 2 N–H and O–H groups in total. The van der Waals surface area contributed by atoms with Gasteiger partial charge in [0.05, 0.1) is 12.7 Å². The third-order valence-electron chi connectivity index (χ3n) is 4.00. The molecule has 1 aromatic heterocycles. The van der Waals surface area contributed by atoms with Crippen LogP contribution in [0, 0.1) is 5.41 Å². The summed E-state index contributed by atoms with van der Waals surface area (Å²) in [6, 6.07) is 0.531. The molecule has 1 atom stereocenters. The molecular formula is C13H22N4O2. The molecule has 1 aromatic rings. The lowest BCUT2D eigenvalue weighted by molar-refractivity contribution is 0.0690. The zero-order valence-electron chi connectivity index (χ0n) is 11.6. The van der Waals surface area contributed by atoms with E-state index in [1.54, 1.807) is 4.68 Å². The number of carboxylic acids is 1. The first-order valence-corrected chi connectivity index (χ1v) is 6.86. The Labute approximate surface area is 113 Å².